The lowest BCUT2D eigenvalue weighted by atomic mass is 9.90. The molecule has 3 aliphatic carbocycles. The van der Waals surface area contributed by atoms with E-state index in [0.29, 0.717) is 12.3 Å². The Labute approximate surface area is 198 Å². The maximum Gasteiger partial charge on any atom is 0.248 e. The van der Waals surface area contributed by atoms with Gasteiger partial charge >= 0.3 is 0 Å². The predicted octanol–water partition coefficient (Wildman–Crippen LogP) is 8.56. The van der Waals surface area contributed by atoms with Crippen LogP contribution in [0.5, 0.6) is 0 Å². The van der Waals surface area contributed by atoms with Crippen LogP contribution in [0.4, 0.5) is 8.78 Å². The molecule has 0 saturated heterocycles. The number of benzene rings is 3. The number of halogens is 2. The summed E-state index contributed by atoms with van der Waals surface area (Å²) in [7, 11) is 0. The third kappa shape index (κ3) is 3.28. The summed E-state index contributed by atoms with van der Waals surface area (Å²) < 4.78 is 28.0. The number of fused-ring (bicyclic) bond motifs is 4. The van der Waals surface area contributed by atoms with Crippen LogP contribution in [0.25, 0.3) is 33.2 Å². The van der Waals surface area contributed by atoms with Crippen molar-refractivity contribution in [3.63, 3.8) is 0 Å². The van der Waals surface area contributed by atoms with Gasteiger partial charge < -0.3 is 0 Å². The van der Waals surface area contributed by atoms with Crippen molar-refractivity contribution in [1.82, 2.24) is 4.98 Å². The van der Waals surface area contributed by atoms with Crippen molar-refractivity contribution in [2.75, 3.05) is 0 Å². The van der Waals surface area contributed by atoms with Crippen molar-refractivity contribution in [1.29, 1.82) is 0 Å². The number of rotatable bonds is 3. The minimum atomic E-state index is -2.54. The number of hydrogen-bond donors (Lipinski definition) is 0. The summed E-state index contributed by atoms with van der Waals surface area (Å²) in [6, 6.07) is 21.8. The number of aromatic nitrogens is 1. The molecule has 2 fully saturated rings. The van der Waals surface area contributed by atoms with E-state index in [4.69, 9.17) is 4.98 Å². The maximum absolute atomic E-state index is 14.0. The van der Waals surface area contributed by atoms with Gasteiger partial charge in [-0.2, -0.15) is 0 Å². The summed E-state index contributed by atoms with van der Waals surface area (Å²) in [5.74, 6) is -2.08. The zero-order valence-electron chi connectivity index (χ0n) is 19.4. The standard InChI is InChI=1S/C31H27F2N/c1-18-12-26-24-5-3-2-4-21(24)15-27(26)28(13-18)30-25-14-20(23-10-11-31(32,33)17-23)8-9-22(25)16-29(34-30)19-6-7-19/h2-5,8-9,12-14,16,19,23H,6-7,10-11,15,17H2,1H3. The highest BCUT2D eigenvalue weighted by molar-refractivity contribution is 5.98. The molecule has 4 aromatic rings. The fraction of sp³-hybridized carbons (Fsp3) is 0.323. The molecule has 0 N–H and O–H groups in total. The van der Waals surface area contributed by atoms with Gasteiger partial charge in [-0.15, -0.1) is 0 Å². The summed E-state index contributed by atoms with van der Waals surface area (Å²) in [6.45, 7) is 2.16. The van der Waals surface area contributed by atoms with Crippen molar-refractivity contribution in [3.8, 4) is 22.4 Å². The maximum atomic E-state index is 14.0. The molecule has 170 valence electrons. The molecule has 34 heavy (non-hydrogen) atoms. The Bertz CT molecular complexity index is 1460. The molecule has 1 unspecified atom stereocenters. The Morgan fingerprint density at radius 3 is 2.47 bits per heavy atom. The van der Waals surface area contributed by atoms with E-state index in [-0.39, 0.29) is 18.8 Å². The largest absolute Gasteiger partial charge is 0.252 e. The van der Waals surface area contributed by atoms with E-state index in [1.54, 1.807) is 0 Å². The highest BCUT2D eigenvalue weighted by Gasteiger charge is 2.40. The van der Waals surface area contributed by atoms with Gasteiger partial charge in [0.1, 0.15) is 0 Å². The zero-order valence-corrected chi connectivity index (χ0v) is 19.4. The van der Waals surface area contributed by atoms with Crippen LogP contribution in [0.3, 0.4) is 0 Å². The molecule has 1 heterocycles. The number of alkyl halides is 2. The van der Waals surface area contributed by atoms with Crippen molar-refractivity contribution < 1.29 is 8.78 Å². The fourth-order valence-corrected chi connectivity index (χ4v) is 6.15. The van der Waals surface area contributed by atoms with Gasteiger partial charge in [0.15, 0.2) is 0 Å². The van der Waals surface area contributed by atoms with Gasteiger partial charge in [-0.25, -0.2) is 8.78 Å². The van der Waals surface area contributed by atoms with Crippen molar-refractivity contribution in [2.45, 2.75) is 63.2 Å². The topological polar surface area (TPSA) is 12.9 Å². The first-order valence-electron chi connectivity index (χ1n) is 12.5. The van der Waals surface area contributed by atoms with Gasteiger partial charge in [0.05, 0.1) is 5.69 Å². The summed E-state index contributed by atoms with van der Waals surface area (Å²) in [4.78, 5) is 5.26. The minimum Gasteiger partial charge on any atom is -0.252 e. The summed E-state index contributed by atoms with van der Waals surface area (Å²) in [5, 5.41) is 2.27. The summed E-state index contributed by atoms with van der Waals surface area (Å²) in [5.41, 5.74) is 11.0. The quantitative estimate of drug-likeness (QED) is 0.268. The molecule has 1 nitrogen and oxygen atoms in total. The molecular weight excluding hydrogens is 424 g/mol. The monoisotopic (exact) mass is 451 g/mol. The number of pyridine rings is 1. The average molecular weight is 452 g/mol. The molecule has 0 amide bonds. The van der Waals surface area contributed by atoms with Crippen molar-refractivity contribution in [2.24, 2.45) is 0 Å². The predicted molar refractivity (Wildman–Crippen MR) is 134 cm³/mol. The van der Waals surface area contributed by atoms with E-state index in [1.165, 1.54) is 57.3 Å². The van der Waals surface area contributed by atoms with Crippen LogP contribution in [0.2, 0.25) is 0 Å². The molecule has 3 heteroatoms. The Morgan fingerprint density at radius 2 is 1.68 bits per heavy atom. The third-order valence-electron chi connectivity index (χ3n) is 8.07. The van der Waals surface area contributed by atoms with Gasteiger partial charge in [0, 0.05) is 35.4 Å². The Balaban J connectivity index is 1.45. The fourth-order valence-electron chi connectivity index (χ4n) is 6.15. The van der Waals surface area contributed by atoms with Crippen LogP contribution in [-0.2, 0) is 6.42 Å². The van der Waals surface area contributed by atoms with Crippen LogP contribution >= 0.6 is 0 Å². The third-order valence-corrected chi connectivity index (χ3v) is 8.07. The molecule has 3 aliphatic rings. The number of aryl methyl sites for hydroxylation is 1. The summed E-state index contributed by atoms with van der Waals surface area (Å²) >= 11 is 0. The van der Waals surface area contributed by atoms with E-state index < -0.39 is 5.92 Å². The molecule has 0 radical (unpaired) electrons. The van der Waals surface area contributed by atoms with Crippen LogP contribution < -0.4 is 0 Å². The van der Waals surface area contributed by atoms with Gasteiger partial charge in [-0.1, -0.05) is 42.5 Å². The highest BCUT2D eigenvalue weighted by atomic mass is 19.3. The number of nitrogens with zero attached hydrogens (tertiary/aromatic N) is 1. The lowest BCUT2D eigenvalue weighted by Gasteiger charge is -2.17. The van der Waals surface area contributed by atoms with Crippen LogP contribution in [0.1, 0.15) is 71.9 Å². The van der Waals surface area contributed by atoms with Gasteiger partial charge in [-0.3, -0.25) is 4.98 Å². The van der Waals surface area contributed by atoms with Gasteiger partial charge in [0.2, 0.25) is 5.92 Å². The molecule has 1 aromatic heterocycles. The Kier molecular flexibility index (Phi) is 4.31. The Morgan fingerprint density at radius 1 is 0.853 bits per heavy atom. The molecule has 0 aliphatic heterocycles. The lowest BCUT2D eigenvalue weighted by molar-refractivity contribution is 0.00777. The van der Waals surface area contributed by atoms with Crippen LogP contribution in [-0.4, -0.2) is 10.9 Å². The van der Waals surface area contributed by atoms with E-state index in [2.05, 4.69) is 67.6 Å². The second-order valence-electron chi connectivity index (χ2n) is 10.6. The van der Waals surface area contributed by atoms with E-state index >= 15 is 0 Å². The molecule has 0 spiro atoms. The SMILES string of the molecule is Cc1cc2c(c(-c3nc(C4CC4)cc4ccc(C5CCC(F)(F)C5)cc34)c1)Cc1ccccc1-2. The minimum absolute atomic E-state index is 0.00885. The first-order valence-corrected chi connectivity index (χ1v) is 12.5. The lowest BCUT2D eigenvalue weighted by Crippen LogP contribution is -2.09. The van der Waals surface area contributed by atoms with Crippen LogP contribution in [0, 0.1) is 6.92 Å². The molecule has 1 atom stereocenters. The molecule has 0 bridgehead atoms. The summed E-state index contributed by atoms with van der Waals surface area (Å²) in [6.07, 6.45) is 3.81. The number of hydrogen-bond acceptors (Lipinski definition) is 1. The second-order valence-corrected chi connectivity index (χ2v) is 10.6. The zero-order chi connectivity index (χ0) is 23.0. The van der Waals surface area contributed by atoms with Gasteiger partial charge in [0.25, 0.3) is 0 Å². The molecule has 2 saturated carbocycles. The molecular formula is C31H27F2N. The van der Waals surface area contributed by atoms with E-state index in [1.807, 2.05) is 0 Å². The van der Waals surface area contributed by atoms with E-state index in [0.717, 1.165) is 23.1 Å². The molecule has 3 aromatic carbocycles. The van der Waals surface area contributed by atoms with Crippen molar-refractivity contribution >= 4 is 10.8 Å². The first-order chi connectivity index (χ1) is 16.4. The normalized spacial score (nSPS) is 20.5. The first kappa shape index (κ1) is 20.3. The molecule has 7 rings (SSSR count). The average Bonchev–Trinajstić information content (AvgIpc) is 3.53. The Hall–Kier alpha value is -3.07. The van der Waals surface area contributed by atoms with E-state index in [9.17, 15) is 8.78 Å². The second kappa shape index (κ2) is 7.21. The van der Waals surface area contributed by atoms with Gasteiger partial charge in [-0.05, 0) is 95.5 Å². The van der Waals surface area contributed by atoms with Crippen molar-refractivity contribution in [3.05, 3.63) is 88.6 Å². The smallest absolute Gasteiger partial charge is 0.248 e. The highest BCUT2D eigenvalue weighted by Crippen LogP contribution is 2.48. The van der Waals surface area contributed by atoms with Crippen LogP contribution in [0.15, 0.2) is 60.7 Å².